The van der Waals surface area contributed by atoms with Crippen LogP contribution in [0, 0.1) is 5.92 Å². The predicted molar refractivity (Wildman–Crippen MR) is 76.3 cm³/mol. The maximum absolute atomic E-state index is 3.69. The standard InChI is InChI=1S/C14H29NS/c1-4-7-12-8-9-13(15-6-3)14(11-12)16-10-5-2/h12-15H,4-11H2,1-3H3. The summed E-state index contributed by atoms with van der Waals surface area (Å²) in [6.45, 7) is 7.98. The van der Waals surface area contributed by atoms with Crippen LogP contribution < -0.4 is 5.32 Å². The molecular weight excluding hydrogens is 214 g/mol. The number of nitrogens with one attached hydrogen (secondary N) is 1. The number of hydrogen-bond donors (Lipinski definition) is 1. The van der Waals surface area contributed by atoms with Crippen molar-refractivity contribution in [2.45, 2.75) is 70.6 Å². The maximum atomic E-state index is 3.69. The molecule has 1 saturated carbocycles. The minimum Gasteiger partial charge on any atom is -0.313 e. The molecule has 1 fully saturated rings. The van der Waals surface area contributed by atoms with E-state index in [9.17, 15) is 0 Å². The first-order valence-corrected chi connectivity index (χ1v) is 8.21. The van der Waals surface area contributed by atoms with Crippen molar-refractivity contribution in [3.8, 4) is 0 Å². The van der Waals surface area contributed by atoms with Crippen LogP contribution in [0.5, 0.6) is 0 Å². The summed E-state index contributed by atoms with van der Waals surface area (Å²) < 4.78 is 0. The highest BCUT2D eigenvalue weighted by atomic mass is 32.2. The van der Waals surface area contributed by atoms with E-state index in [-0.39, 0.29) is 0 Å². The van der Waals surface area contributed by atoms with Crippen molar-refractivity contribution >= 4 is 11.8 Å². The van der Waals surface area contributed by atoms with Gasteiger partial charge in [0.25, 0.3) is 0 Å². The molecule has 96 valence electrons. The van der Waals surface area contributed by atoms with Gasteiger partial charge in [-0.15, -0.1) is 0 Å². The molecule has 0 heterocycles. The van der Waals surface area contributed by atoms with Crippen LogP contribution >= 0.6 is 11.8 Å². The molecular formula is C14H29NS. The molecule has 3 atom stereocenters. The summed E-state index contributed by atoms with van der Waals surface area (Å²) in [4.78, 5) is 0. The third-order valence-electron chi connectivity index (χ3n) is 3.60. The van der Waals surface area contributed by atoms with Gasteiger partial charge < -0.3 is 5.32 Å². The molecule has 2 heteroatoms. The average Bonchev–Trinajstić information content (AvgIpc) is 2.30. The Morgan fingerprint density at radius 3 is 2.56 bits per heavy atom. The molecule has 1 nitrogen and oxygen atoms in total. The fraction of sp³-hybridized carbons (Fsp3) is 1.00. The lowest BCUT2D eigenvalue weighted by Gasteiger charge is -2.36. The molecule has 0 radical (unpaired) electrons. The molecule has 1 aliphatic carbocycles. The Labute approximate surface area is 106 Å². The van der Waals surface area contributed by atoms with Crippen LogP contribution in [0.4, 0.5) is 0 Å². The van der Waals surface area contributed by atoms with E-state index in [0.717, 1.165) is 23.8 Å². The Balaban J connectivity index is 2.40. The topological polar surface area (TPSA) is 12.0 Å². The summed E-state index contributed by atoms with van der Waals surface area (Å²) in [6, 6.07) is 0.787. The van der Waals surface area contributed by atoms with Crippen LogP contribution in [0.3, 0.4) is 0 Å². The number of thioether (sulfide) groups is 1. The van der Waals surface area contributed by atoms with Gasteiger partial charge in [-0.25, -0.2) is 0 Å². The van der Waals surface area contributed by atoms with Crippen LogP contribution in [0.15, 0.2) is 0 Å². The molecule has 0 spiro atoms. The fourth-order valence-electron chi connectivity index (χ4n) is 2.83. The van der Waals surface area contributed by atoms with Crippen LogP contribution in [0.2, 0.25) is 0 Å². The van der Waals surface area contributed by atoms with E-state index >= 15 is 0 Å². The van der Waals surface area contributed by atoms with Crippen LogP contribution in [-0.4, -0.2) is 23.6 Å². The second-order valence-electron chi connectivity index (χ2n) is 5.04. The van der Waals surface area contributed by atoms with Crippen molar-refractivity contribution in [2.24, 2.45) is 5.92 Å². The zero-order valence-electron chi connectivity index (χ0n) is 11.3. The third kappa shape index (κ3) is 4.67. The fourth-order valence-corrected chi connectivity index (χ4v) is 4.24. The van der Waals surface area contributed by atoms with Gasteiger partial charge in [-0.3, -0.25) is 0 Å². The van der Waals surface area contributed by atoms with Gasteiger partial charge in [0, 0.05) is 11.3 Å². The summed E-state index contributed by atoms with van der Waals surface area (Å²) in [5, 5.41) is 4.57. The van der Waals surface area contributed by atoms with Gasteiger partial charge in [0.1, 0.15) is 0 Å². The molecule has 0 aromatic heterocycles. The zero-order valence-corrected chi connectivity index (χ0v) is 12.1. The van der Waals surface area contributed by atoms with E-state index < -0.39 is 0 Å². The summed E-state index contributed by atoms with van der Waals surface area (Å²) >= 11 is 2.21. The molecule has 0 aromatic rings. The van der Waals surface area contributed by atoms with Crippen molar-refractivity contribution in [3.63, 3.8) is 0 Å². The molecule has 0 bridgehead atoms. The van der Waals surface area contributed by atoms with Gasteiger partial charge in [0.05, 0.1) is 0 Å². The van der Waals surface area contributed by atoms with E-state index in [2.05, 4.69) is 37.8 Å². The summed E-state index contributed by atoms with van der Waals surface area (Å²) in [6.07, 6.45) is 8.44. The third-order valence-corrected chi connectivity index (χ3v) is 5.19. The van der Waals surface area contributed by atoms with Gasteiger partial charge in [0.15, 0.2) is 0 Å². The van der Waals surface area contributed by atoms with Gasteiger partial charge >= 0.3 is 0 Å². The molecule has 0 aromatic carbocycles. The first kappa shape index (κ1) is 14.4. The first-order valence-electron chi connectivity index (χ1n) is 7.16. The largest absolute Gasteiger partial charge is 0.313 e. The SMILES string of the molecule is CCCSC1CC(CCC)CCC1NCC. The Morgan fingerprint density at radius 1 is 1.12 bits per heavy atom. The molecule has 0 saturated heterocycles. The molecule has 0 amide bonds. The highest BCUT2D eigenvalue weighted by Gasteiger charge is 2.29. The van der Waals surface area contributed by atoms with Crippen LogP contribution in [0.25, 0.3) is 0 Å². The Morgan fingerprint density at radius 2 is 1.94 bits per heavy atom. The van der Waals surface area contributed by atoms with Crippen molar-refractivity contribution in [1.82, 2.24) is 5.32 Å². The van der Waals surface area contributed by atoms with E-state index in [1.54, 1.807) is 0 Å². The van der Waals surface area contributed by atoms with E-state index in [4.69, 9.17) is 0 Å². The minimum atomic E-state index is 0.787. The van der Waals surface area contributed by atoms with Gasteiger partial charge in [-0.2, -0.15) is 11.8 Å². The number of hydrogen-bond acceptors (Lipinski definition) is 2. The molecule has 1 aliphatic rings. The Bertz CT molecular complexity index is 172. The lowest BCUT2D eigenvalue weighted by atomic mass is 9.83. The summed E-state index contributed by atoms with van der Waals surface area (Å²) in [5.41, 5.74) is 0. The second-order valence-corrected chi connectivity index (χ2v) is 6.39. The highest BCUT2D eigenvalue weighted by molar-refractivity contribution is 7.99. The molecule has 1 rings (SSSR count). The Kier molecular flexibility index (Phi) is 7.55. The van der Waals surface area contributed by atoms with Crippen molar-refractivity contribution < 1.29 is 0 Å². The number of rotatable bonds is 7. The van der Waals surface area contributed by atoms with Gasteiger partial charge in [-0.05, 0) is 43.9 Å². The molecule has 16 heavy (non-hydrogen) atoms. The predicted octanol–water partition coefficient (Wildman–Crippen LogP) is 4.08. The summed E-state index contributed by atoms with van der Waals surface area (Å²) in [5.74, 6) is 2.35. The van der Waals surface area contributed by atoms with Crippen molar-refractivity contribution in [1.29, 1.82) is 0 Å². The minimum absolute atomic E-state index is 0.787. The Hall–Kier alpha value is 0.310. The zero-order chi connectivity index (χ0) is 11.8. The lowest BCUT2D eigenvalue weighted by Crippen LogP contribution is -2.42. The maximum Gasteiger partial charge on any atom is 0.0203 e. The quantitative estimate of drug-likeness (QED) is 0.723. The van der Waals surface area contributed by atoms with Gasteiger partial charge in [-0.1, -0.05) is 33.6 Å². The molecule has 1 N–H and O–H groups in total. The average molecular weight is 243 g/mol. The van der Waals surface area contributed by atoms with Crippen LogP contribution in [0.1, 0.15) is 59.3 Å². The molecule has 3 unspecified atom stereocenters. The van der Waals surface area contributed by atoms with Crippen molar-refractivity contribution in [2.75, 3.05) is 12.3 Å². The second kappa shape index (κ2) is 8.41. The lowest BCUT2D eigenvalue weighted by molar-refractivity contribution is 0.289. The van der Waals surface area contributed by atoms with Crippen molar-refractivity contribution in [3.05, 3.63) is 0 Å². The normalized spacial score (nSPS) is 30.6. The van der Waals surface area contributed by atoms with E-state index in [1.807, 2.05) is 0 Å². The first-order chi connectivity index (χ1) is 7.81. The van der Waals surface area contributed by atoms with Gasteiger partial charge in [0.2, 0.25) is 0 Å². The van der Waals surface area contributed by atoms with Crippen LogP contribution in [-0.2, 0) is 0 Å². The van der Waals surface area contributed by atoms with E-state index in [0.29, 0.717) is 0 Å². The molecule has 0 aliphatic heterocycles. The monoisotopic (exact) mass is 243 g/mol. The highest BCUT2D eigenvalue weighted by Crippen LogP contribution is 2.35. The summed E-state index contributed by atoms with van der Waals surface area (Å²) in [7, 11) is 0. The van der Waals surface area contributed by atoms with E-state index in [1.165, 1.54) is 44.3 Å². The smallest absolute Gasteiger partial charge is 0.0203 e.